The molecule has 1 fully saturated rings. The molecule has 4 rings (SSSR count). The number of pyridine rings is 1. The van der Waals surface area contributed by atoms with Gasteiger partial charge in [0.1, 0.15) is 0 Å². The highest BCUT2D eigenvalue weighted by atomic mass is 35.5. The smallest absolute Gasteiger partial charge is 0.276 e. The van der Waals surface area contributed by atoms with E-state index < -0.39 is 0 Å². The summed E-state index contributed by atoms with van der Waals surface area (Å²) in [6.45, 7) is 5.68. The Morgan fingerprint density at radius 1 is 1.07 bits per heavy atom. The Morgan fingerprint density at radius 3 is 2.54 bits per heavy atom. The summed E-state index contributed by atoms with van der Waals surface area (Å²) in [6.07, 6.45) is 3.61. The van der Waals surface area contributed by atoms with Gasteiger partial charge in [0.15, 0.2) is 5.69 Å². The van der Waals surface area contributed by atoms with E-state index in [1.165, 1.54) is 10.4 Å². The van der Waals surface area contributed by atoms with Crippen LogP contribution in [0.5, 0.6) is 0 Å². The van der Waals surface area contributed by atoms with E-state index in [4.69, 9.17) is 11.6 Å². The van der Waals surface area contributed by atoms with Gasteiger partial charge in [0.05, 0.1) is 11.4 Å². The Hall–Kier alpha value is -2.77. The molecule has 7 nitrogen and oxygen atoms in total. The average Bonchev–Trinajstić information content (AvgIpc) is 3.10. The number of amides is 1. The molecule has 0 bridgehead atoms. The van der Waals surface area contributed by atoms with Crippen LogP contribution < -0.4 is 0 Å². The monoisotopic (exact) mass is 396 g/mol. The summed E-state index contributed by atoms with van der Waals surface area (Å²) in [5.41, 5.74) is 2.97. The molecule has 0 unspecified atom stereocenters. The van der Waals surface area contributed by atoms with Crippen LogP contribution in [0.2, 0.25) is 5.02 Å². The molecule has 0 radical (unpaired) electrons. The molecule has 3 aromatic rings. The van der Waals surface area contributed by atoms with Crippen LogP contribution in [0.25, 0.3) is 5.69 Å². The van der Waals surface area contributed by atoms with E-state index in [1.807, 2.05) is 29.2 Å². The fourth-order valence-electron chi connectivity index (χ4n) is 3.30. The molecule has 0 saturated carbocycles. The highest BCUT2D eigenvalue weighted by Gasteiger charge is 2.26. The average molecular weight is 397 g/mol. The van der Waals surface area contributed by atoms with Crippen molar-refractivity contribution in [1.82, 2.24) is 29.8 Å². The van der Waals surface area contributed by atoms with Crippen LogP contribution in [0.15, 0.2) is 48.8 Å². The second-order valence-corrected chi connectivity index (χ2v) is 7.26. The lowest BCUT2D eigenvalue weighted by Crippen LogP contribution is -2.48. The van der Waals surface area contributed by atoms with Crippen molar-refractivity contribution in [2.24, 2.45) is 0 Å². The summed E-state index contributed by atoms with van der Waals surface area (Å²) < 4.78 is 0. The molecule has 1 aliphatic heterocycles. The van der Waals surface area contributed by atoms with E-state index in [9.17, 15) is 4.79 Å². The van der Waals surface area contributed by atoms with E-state index in [-0.39, 0.29) is 5.91 Å². The number of aryl methyl sites for hydroxylation is 1. The highest BCUT2D eigenvalue weighted by Crippen LogP contribution is 2.16. The number of carbonyl (C=O) groups is 1. The Kier molecular flexibility index (Phi) is 5.36. The largest absolute Gasteiger partial charge is 0.335 e. The number of benzene rings is 1. The number of nitrogens with zero attached hydrogens (tertiary/aromatic N) is 6. The third-order valence-electron chi connectivity index (χ3n) is 4.84. The number of piperazine rings is 1. The van der Waals surface area contributed by atoms with Crippen molar-refractivity contribution in [3.05, 3.63) is 70.8 Å². The van der Waals surface area contributed by atoms with E-state index in [0.29, 0.717) is 29.5 Å². The van der Waals surface area contributed by atoms with Gasteiger partial charge in [0.2, 0.25) is 0 Å². The zero-order valence-electron chi connectivity index (χ0n) is 15.6. The second-order valence-electron chi connectivity index (χ2n) is 6.83. The summed E-state index contributed by atoms with van der Waals surface area (Å²) in [6, 6.07) is 11.3. The summed E-state index contributed by atoms with van der Waals surface area (Å²) in [4.78, 5) is 22.7. The van der Waals surface area contributed by atoms with Crippen molar-refractivity contribution in [3.63, 3.8) is 0 Å². The minimum Gasteiger partial charge on any atom is -0.335 e. The molecule has 0 spiro atoms. The van der Waals surface area contributed by atoms with E-state index in [0.717, 1.165) is 25.3 Å². The van der Waals surface area contributed by atoms with Crippen LogP contribution in [0.3, 0.4) is 0 Å². The first-order chi connectivity index (χ1) is 13.6. The lowest BCUT2D eigenvalue weighted by Gasteiger charge is -2.34. The van der Waals surface area contributed by atoms with Crippen molar-refractivity contribution in [2.75, 3.05) is 26.2 Å². The lowest BCUT2D eigenvalue weighted by molar-refractivity contribution is 0.0621. The van der Waals surface area contributed by atoms with Gasteiger partial charge in [-0.05, 0) is 42.8 Å². The molecular weight excluding hydrogens is 376 g/mol. The Labute approximate surface area is 168 Å². The maximum absolute atomic E-state index is 13.0. The first-order valence-corrected chi connectivity index (χ1v) is 9.58. The Balaban J connectivity index is 1.41. The van der Waals surface area contributed by atoms with Gasteiger partial charge in [-0.15, -0.1) is 5.10 Å². The van der Waals surface area contributed by atoms with Gasteiger partial charge in [-0.2, -0.15) is 9.90 Å². The first kappa shape index (κ1) is 18.6. The predicted molar refractivity (Wildman–Crippen MR) is 107 cm³/mol. The molecule has 1 aliphatic rings. The zero-order valence-corrected chi connectivity index (χ0v) is 16.4. The molecule has 1 saturated heterocycles. The quantitative estimate of drug-likeness (QED) is 0.678. The predicted octanol–water partition coefficient (Wildman–Crippen LogP) is 2.58. The number of aromatic nitrogens is 4. The van der Waals surface area contributed by atoms with Crippen molar-refractivity contribution in [2.45, 2.75) is 13.5 Å². The molecule has 0 atom stereocenters. The third kappa shape index (κ3) is 4.05. The highest BCUT2D eigenvalue weighted by molar-refractivity contribution is 6.30. The maximum Gasteiger partial charge on any atom is 0.276 e. The third-order valence-corrected chi connectivity index (χ3v) is 5.07. The minimum atomic E-state index is -0.0747. The lowest BCUT2D eigenvalue weighted by atomic mass is 10.2. The van der Waals surface area contributed by atoms with Crippen molar-refractivity contribution in [3.8, 4) is 5.69 Å². The molecule has 2 aromatic heterocycles. The zero-order chi connectivity index (χ0) is 19.5. The first-order valence-electron chi connectivity index (χ1n) is 9.20. The van der Waals surface area contributed by atoms with Gasteiger partial charge in [0.25, 0.3) is 5.91 Å². The van der Waals surface area contributed by atoms with Crippen molar-refractivity contribution >= 4 is 17.5 Å². The number of rotatable bonds is 4. The fourth-order valence-corrected chi connectivity index (χ4v) is 3.48. The van der Waals surface area contributed by atoms with Gasteiger partial charge in [-0.3, -0.25) is 14.7 Å². The summed E-state index contributed by atoms with van der Waals surface area (Å²) in [5.74, 6) is -0.0747. The molecule has 0 aliphatic carbocycles. The van der Waals surface area contributed by atoms with Crippen LogP contribution in [-0.4, -0.2) is 61.9 Å². The van der Waals surface area contributed by atoms with Crippen LogP contribution in [0.1, 0.15) is 21.7 Å². The van der Waals surface area contributed by atoms with Gasteiger partial charge >= 0.3 is 0 Å². The second kappa shape index (κ2) is 8.08. The number of hydrogen-bond acceptors (Lipinski definition) is 5. The number of hydrogen-bond donors (Lipinski definition) is 0. The standard InChI is InChI=1S/C20H21ClN6O/c1-15-19(24-27(23-15)18-4-2-3-17(21)13-18)20(28)26-11-9-25(10-12-26)14-16-5-7-22-8-6-16/h2-8,13H,9-12,14H2,1H3. The SMILES string of the molecule is Cc1nn(-c2cccc(Cl)c2)nc1C(=O)N1CCN(Cc2ccncc2)CC1. The van der Waals surface area contributed by atoms with E-state index in [1.54, 1.807) is 31.5 Å². The van der Waals surface area contributed by atoms with Gasteiger partial charge < -0.3 is 4.90 Å². The molecule has 28 heavy (non-hydrogen) atoms. The van der Waals surface area contributed by atoms with Crippen LogP contribution in [0, 0.1) is 6.92 Å². The summed E-state index contributed by atoms with van der Waals surface area (Å²) >= 11 is 6.05. The van der Waals surface area contributed by atoms with Crippen LogP contribution >= 0.6 is 11.6 Å². The van der Waals surface area contributed by atoms with Gasteiger partial charge in [-0.1, -0.05) is 17.7 Å². The van der Waals surface area contributed by atoms with Crippen molar-refractivity contribution < 1.29 is 4.79 Å². The summed E-state index contributed by atoms with van der Waals surface area (Å²) in [7, 11) is 0. The molecule has 3 heterocycles. The Morgan fingerprint density at radius 2 is 1.82 bits per heavy atom. The molecular formula is C20H21ClN6O. The maximum atomic E-state index is 13.0. The molecule has 0 N–H and O–H groups in total. The van der Waals surface area contributed by atoms with Crippen LogP contribution in [0.4, 0.5) is 0 Å². The van der Waals surface area contributed by atoms with E-state index in [2.05, 4.69) is 20.1 Å². The number of halogens is 1. The number of carbonyl (C=O) groups excluding carboxylic acids is 1. The van der Waals surface area contributed by atoms with Crippen LogP contribution in [-0.2, 0) is 6.54 Å². The fraction of sp³-hybridized carbons (Fsp3) is 0.300. The van der Waals surface area contributed by atoms with E-state index >= 15 is 0 Å². The molecule has 1 amide bonds. The van der Waals surface area contributed by atoms with Gasteiger partial charge in [0, 0.05) is 50.1 Å². The molecule has 144 valence electrons. The Bertz CT molecular complexity index is 966. The van der Waals surface area contributed by atoms with Crippen molar-refractivity contribution in [1.29, 1.82) is 0 Å². The topological polar surface area (TPSA) is 67.2 Å². The summed E-state index contributed by atoms with van der Waals surface area (Å²) in [5, 5.41) is 9.41. The minimum absolute atomic E-state index is 0.0747. The molecule has 8 heteroatoms. The molecule has 1 aromatic carbocycles. The normalized spacial score (nSPS) is 15.0. The van der Waals surface area contributed by atoms with Gasteiger partial charge in [-0.25, -0.2) is 0 Å².